The number of nitrogens with zero attached hydrogens (tertiary/aromatic N) is 6. The van der Waals surface area contributed by atoms with E-state index in [9.17, 15) is 0 Å². The molecule has 0 amide bonds. The molecule has 2 fully saturated rings. The molecule has 2 aliphatic rings. The van der Waals surface area contributed by atoms with Crippen molar-refractivity contribution in [2.45, 2.75) is 71.2 Å². The van der Waals surface area contributed by atoms with E-state index in [4.69, 9.17) is 19.4 Å². The first-order chi connectivity index (χ1) is 20.1. The van der Waals surface area contributed by atoms with Crippen LogP contribution in [0, 0.1) is 6.92 Å². The van der Waals surface area contributed by atoms with Gasteiger partial charge in [0.2, 0.25) is 5.88 Å². The third-order valence-electron chi connectivity index (χ3n) is 8.66. The van der Waals surface area contributed by atoms with Crippen molar-refractivity contribution in [1.82, 2.24) is 29.0 Å². The van der Waals surface area contributed by atoms with E-state index in [0.717, 1.165) is 92.3 Å². The summed E-state index contributed by atoms with van der Waals surface area (Å²) < 4.78 is 16.3. The summed E-state index contributed by atoms with van der Waals surface area (Å²) >= 11 is 0. The largest absolute Gasteiger partial charge is 0.473 e. The summed E-state index contributed by atoms with van der Waals surface area (Å²) in [5.41, 5.74) is 8.00. The third kappa shape index (κ3) is 5.46. The van der Waals surface area contributed by atoms with E-state index in [2.05, 4.69) is 70.9 Å². The summed E-state index contributed by atoms with van der Waals surface area (Å²) in [5, 5.41) is 4.62. The van der Waals surface area contributed by atoms with Crippen LogP contribution >= 0.6 is 0 Å². The molecule has 4 aromatic heterocycles. The first-order valence-corrected chi connectivity index (χ1v) is 15.0. The van der Waals surface area contributed by atoms with Gasteiger partial charge >= 0.3 is 0 Å². The normalized spacial score (nSPS) is 18.2. The Labute approximate surface area is 240 Å². The molecule has 6 heterocycles. The molecule has 2 saturated heterocycles. The van der Waals surface area contributed by atoms with Crippen LogP contribution in [0.25, 0.3) is 16.6 Å². The summed E-state index contributed by atoms with van der Waals surface area (Å²) in [5.74, 6) is 2.27. The Bertz CT molecular complexity index is 1660. The van der Waals surface area contributed by atoms with Crippen LogP contribution in [0.3, 0.4) is 0 Å². The third-order valence-corrected chi connectivity index (χ3v) is 8.66. The molecule has 8 nitrogen and oxygen atoms in total. The number of piperidine rings is 1. The summed E-state index contributed by atoms with van der Waals surface area (Å²) in [6, 6.07) is 19.0. The lowest BCUT2D eigenvalue weighted by Crippen LogP contribution is -2.35. The molecule has 0 aliphatic carbocycles. The van der Waals surface area contributed by atoms with E-state index in [-0.39, 0.29) is 0 Å². The highest BCUT2D eigenvalue weighted by atomic mass is 16.5. The van der Waals surface area contributed by atoms with Gasteiger partial charge in [0.15, 0.2) is 0 Å². The molecule has 1 aromatic carbocycles. The van der Waals surface area contributed by atoms with Crippen molar-refractivity contribution in [3.05, 3.63) is 89.1 Å². The van der Waals surface area contributed by atoms with Crippen LogP contribution in [0.1, 0.15) is 60.4 Å². The molecule has 5 aromatic rings. The van der Waals surface area contributed by atoms with Crippen LogP contribution in [0.5, 0.6) is 5.88 Å². The smallest absolute Gasteiger partial charge is 0.213 e. The minimum atomic E-state index is 0.305. The molecule has 1 unspecified atom stereocenters. The monoisotopic (exact) mass is 550 g/mol. The van der Waals surface area contributed by atoms with Crippen LogP contribution in [-0.4, -0.2) is 54.8 Å². The van der Waals surface area contributed by atoms with Crippen molar-refractivity contribution in [1.29, 1.82) is 0 Å². The summed E-state index contributed by atoms with van der Waals surface area (Å²) in [6.45, 7) is 9.44. The zero-order valence-corrected chi connectivity index (χ0v) is 24.0. The number of rotatable bonds is 9. The number of fused-ring (bicyclic) bond motifs is 2. The number of hydrogen-bond acceptors (Lipinski definition) is 6. The van der Waals surface area contributed by atoms with E-state index < -0.39 is 0 Å². The van der Waals surface area contributed by atoms with Crippen molar-refractivity contribution in [2.75, 3.05) is 19.7 Å². The maximum Gasteiger partial charge on any atom is 0.213 e. The Balaban J connectivity index is 0.998. The minimum Gasteiger partial charge on any atom is -0.473 e. The highest BCUT2D eigenvalue weighted by molar-refractivity contribution is 5.77. The minimum absolute atomic E-state index is 0.305. The van der Waals surface area contributed by atoms with Gasteiger partial charge in [0.05, 0.1) is 41.4 Å². The van der Waals surface area contributed by atoms with Crippen LogP contribution in [0.15, 0.2) is 60.8 Å². The molecule has 41 heavy (non-hydrogen) atoms. The molecular weight excluding hydrogens is 512 g/mol. The molecule has 0 bridgehead atoms. The fourth-order valence-corrected chi connectivity index (χ4v) is 6.14. The maximum atomic E-state index is 6.19. The second-order valence-electron chi connectivity index (χ2n) is 11.5. The van der Waals surface area contributed by atoms with E-state index in [1.807, 2.05) is 22.8 Å². The Hall–Kier alpha value is -3.75. The number of pyridine rings is 2. The molecule has 0 saturated carbocycles. The molecular formula is C33H38N6O2. The number of ether oxygens (including phenoxy) is 2. The quantitative estimate of drug-likeness (QED) is 0.235. The Morgan fingerprint density at radius 3 is 2.66 bits per heavy atom. The fraction of sp³-hybridized carbons (Fsp3) is 0.424. The molecule has 2 aliphatic heterocycles. The van der Waals surface area contributed by atoms with Gasteiger partial charge in [-0.2, -0.15) is 5.10 Å². The van der Waals surface area contributed by atoms with Crippen LogP contribution < -0.4 is 4.74 Å². The SMILES string of the molecule is CCc1cc2c(COc3cccc(C4CCN(Cc5nc6ccc(C)cc6n5CC5CCO5)CC4)n3)cccn2n1. The fourth-order valence-electron chi connectivity index (χ4n) is 6.14. The summed E-state index contributed by atoms with van der Waals surface area (Å²) in [7, 11) is 0. The Morgan fingerprint density at radius 1 is 0.976 bits per heavy atom. The lowest BCUT2D eigenvalue weighted by atomic mass is 9.93. The number of benzene rings is 1. The zero-order chi connectivity index (χ0) is 27.8. The van der Waals surface area contributed by atoms with Gasteiger partial charge in [0.1, 0.15) is 12.4 Å². The average Bonchev–Trinajstić information content (AvgIpc) is 3.55. The number of imidazole rings is 1. The Kier molecular flexibility index (Phi) is 7.19. The van der Waals surface area contributed by atoms with E-state index in [0.29, 0.717) is 24.5 Å². The molecule has 0 radical (unpaired) electrons. The van der Waals surface area contributed by atoms with Gasteiger partial charge in [-0.15, -0.1) is 0 Å². The molecule has 7 rings (SSSR count). The van der Waals surface area contributed by atoms with Crippen LogP contribution in [-0.2, 0) is 30.9 Å². The predicted octanol–water partition coefficient (Wildman–Crippen LogP) is 5.70. The number of aromatic nitrogens is 5. The van der Waals surface area contributed by atoms with E-state index in [1.54, 1.807) is 0 Å². The second-order valence-corrected chi connectivity index (χ2v) is 11.5. The van der Waals surface area contributed by atoms with E-state index in [1.165, 1.54) is 11.1 Å². The van der Waals surface area contributed by atoms with Gasteiger partial charge in [-0.25, -0.2) is 14.5 Å². The molecule has 0 N–H and O–H groups in total. The maximum absolute atomic E-state index is 6.19. The zero-order valence-electron chi connectivity index (χ0n) is 24.0. The standard InChI is InChI=1S/C33H38N6O2/c1-3-26-19-30-25(6-5-14-39(30)36-26)22-41-33-8-4-7-28(35-33)24-11-15-37(16-12-24)21-32-34-29-10-9-23(2)18-31(29)38(32)20-27-13-17-40-27/h4-10,14,18-19,24,27H,3,11-13,15-17,20-22H2,1-2H3. The first-order valence-electron chi connectivity index (χ1n) is 15.0. The van der Waals surface area contributed by atoms with Crippen LogP contribution in [0.2, 0.25) is 0 Å². The van der Waals surface area contributed by atoms with Crippen molar-refractivity contribution < 1.29 is 9.47 Å². The van der Waals surface area contributed by atoms with Gasteiger partial charge < -0.3 is 14.0 Å². The molecule has 8 heteroatoms. The van der Waals surface area contributed by atoms with Crippen LogP contribution in [0.4, 0.5) is 0 Å². The predicted molar refractivity (Wildman–Crippen MR) is 159 cm³/mol. The highest BCUT2D eigenvalue weighted by Gasteiger charge is 2.26. The lowest BCUT2D eigenvalue weighted by molar-refractivity contribution is -0.0592. The van der Waals surface area contributed by atoms with E-state index >= 15 is 0 Å². The van der Waals surface area contributed by atoms with Gasteiger partial charge in [-0.1, -0.05) is 25.1 Å². The lowest BCUT2D eigenvalue weighted by Gasteiger charge is -2.32. The summed E-state index contributed by atoms with van der Waals surface area (Å²) in [6.07, 6.45) is 6.50. The first kappa shape index (κ1) is 26.2. The molecule has 1 atom stereocenters. The highest BCUT2D eigenvalue weighted by Crippen LogP contribution is 2.30. The van der Waals surface area contributed by atoms with Crippen molar-refractivity contribution in [3.63, 3.8) is 0 Å². The van der Waals surface area contributed by atoms with Gasteiger partial charge in [-0.05, 0) is 81.6 Å². The average molecular weight is 551 g/mol. The molecule has 212 valence electrons. The van der Waals surface area contributed by atoms with Crippen molar-refractivity contribution in [2.24, 2.45) is 0 Å². The summed E-state index contributed by atoms with van der Waals surface area (Å²) in [4.78, 5) is 12.5. The van der Waals surface area contributed by atoms with Gasteiger partial charge in [-0.3, -0.25) is 4.90 Å². The topological polar surface area (TPSA) is 69.7 Å². The van der Waals surface area contributed by atoms with Gasteiger partial charge in [0.25, 0.3) is 0 Å². The van der Waals surface area contributed by atoms with Crippen molar-refractivity contribution in [3.8, 4) is 5.88 Å². The number of likely N-dealkylation sites (tertiary alicyclic amines) is 1. The molecule has 0 spiro atoms. The number of aryl methyl sites for hydroxylation is 2. The van der Waals surface area contributed by atoms with Crippen molar-refractivity contribution >= 4 is 16.6 Å². The number of hydrogen-bond donors (Lipinski definition) is 0. The second kappa shape index (κ2) is 11.3. The Morgan fingerprint density at radius 2 is 1.85 bits per heavy atom. The van der Waals surface area contributed by atoms with Gasteiger partial charge in [0, 0.05) is 36.0 Å².